The Morgan fingerprint density at radius 3 is 2.38 bits per heavy atom. The highest BCUT2D eigenvalue weighted by atomic mass is 16.5. The van der Waals surface area contributed by atoms with E-state index in [2.05, 4.69) is 64.2 Å². The fourth-order valence-electron chi connectivity index (χ4n) is 3.18. The van der Waals surface area contributed by atoms with Crippen molar-refractivity contribution in [3.63, 3.8) is 0 Å². The Labute approximate surface area is 130 Å². The van der Waals surface area contributed by atoms with Gasteiger partial charge in [0.2, 0.25) is 0 Å². The number of hydrogen-bond donors (Lipinski definition) is 1. The molecule has 0 aromatic heterocycles. The molecule has 1 aliphatic heterocycles. The summed E-state index contributed by atoms with van der Waals surface area (Å²) in [5.74, 6) is 0. The minimum Gasteiger partial charge on any atom is -0.373 e. The van der Waals surface area contributed by atoms with Gasteiger partial charge in [-0.25, -0.2) is 0 Å². The van der Waals surface area contributed by atoms with Crippen LogP contribution in [0, 0.1) is 0 Å². The van der Waals surface area contributed by atoms with E-state index in [0.717, 1.165) is 26.0 Å². The van der Waals surface area contributed by atoms with Crippen molar-refractivity contribution in [2.45, 2.75) is 70.9 Å². The quantitative estimate of drug-likeness (QED) is 0.855. The maximum atomic E-state index is 6.09. The average molecular weight is 289 g/mol. The summed E-state index contributed by atoms with van der Waals surface area (Å²) < 4.78 is 6.09. The van der Waals surface area contributed by atoms with Gasteiger partial charge in [0.25, 0.3) is 0 Å². The topological polar surface area (TPSA) is 21.3 Å². The normalized spacial score (nSPS) is 24.2. The van der Waals surface area contributed by atoms with E-state index in [1.54, 1.807) is 0 Å². The van der Waals surface area contributed by atoms with Crippen molar-refractivity contribution in [2.24, 2.45) is 0 Å². The monoisotopic (exact) mass is 289 g/mol. The molecule has 0 amide bonds. The molecule has 2 rings (SSSR count). The lowest BCUT2D eigenvalue weighted by Crippen LogP contribution is -2.41. The van der Waals surface area contributed by atoms with Crippen LogP contribution >= 0.6 is 0 Å². The van der Waals surface area contributed by atoms with Crippen LogP contribution in [-0.4, -0.2) is 18.8 Å². The maximum Gasteiger partial charge on any atom is 0.0849 e. The van der Waals surface area contributed by atoms with Crippen molar-refractivity contribution >= 4 is 0 Å². The molecule has 1 saturated heterocycles. The molecule has 1 aromatic carbocycles. The minimum absolute atomic E-state index is 0.0710. The summed E-state index contributed by atoms with van der Waals surface area (Å²) >= 11 is 0. The highest BCUT2D eigenvalue weighted by Gasteiger charge is 2.39. The standard InChI is InChI=1S/C19H31NO/c1-6-13-20-17(19(5)12-7-14-21-19)15-8-10-16(11-9-15)18(2,3)4/h8-11,17,20H,6-7,12-14H2,1-5H3. The van der Waals surface area contributed by atoms with Gasteiger partial charge >= 0.3 is 0 Å². The molecule has 0 aliphatic carbocycles. The summed E-state index contributed by atoms with van der Waals surface area (Å²) in [5.41, 5.74) is 2.87. The number of ether oxygens (including phenoxy) is 1. The second-order valence-electron chi connectivity index (χ2n) is 7.52. The lowest BCUT2D eigenvalue weighted by molar-refractivity contribution is -0.0124. The molecule has 1 N–H and O–H groups in total. The smallest absolute Gasteiger partial charge is 0.0849 e. The summed E-state index contributed by atoms with van der Waals surface area (Å²) in [6.07, 6.45) is 3.45. The van der Waals surface area contributed by atoms with Crippen molar-refractivity contribution in [1.82, 2.24) is 5.32 Å². The van der Waals surface area contributed by atoms with E-state index in [4.69, 9.17) is 4.74 Å². The van der Waals surface area contributed by atoms with Crippen LogP contribution in [0.25, 0.3) is 0 Å². The second-order valence-corrected chi connectivity index (χ2v) is 7.52. The third kappa shape index (κ3) is 3.87. The largest absolute Gasteiger partial charge is 0.373 e. The molecule has 2 heteroatoms. The highest BCUT2D eigenvalue weighted by molar-refractivity contribution is 5.30. The lowest BCUT2D eigenvalue weighted by Gasteiger charge is -2.35. The molecule has 0 saturated carbocycles. The Morgan fingerprint density at radius 2 is 1.90 bits per heavy atom. The molecule has 1 heterocycles. The van der Waals surface area contributed by atoms with E-state index in [1.165, 1.54) is 17.5 Å². The van der Waals surface area contributed by atoms with Crippen LogP contribution in [0.3, 0.4) is 0 Å². The van der Waals surface area contributed by atoms with Gasteiger partial charge in [-0.05, 0) is 49.3 Å². The third-order valence-corrected chi connectivity index (χ3v) is 4.57. The zero-order chi connectivity index (χ0) is 15.5. The van der Waals surface area contributed by atoms with Gasteiger partial charge in [-0.2, -0.15) is 0 Å². The Bertz CT molecular complexity index is 438. The van der Waals surface area contributed by atoms with Gasteiger partial charge in [-0.3, -0.25) is 0 Å². The van der Waals surface area contributed by atoms with E-state index in [1.807, 2.05) is 0 Å². The van der Waals surface area contributed by atoms with Crippen LogP contribution < -0.4 is 5.32 Å². The summed E-state index contributed by atoms with van der Waals surface area (Å²) in [4.78, 5) is 0. The molecule has 0 bridgehead atoms. The molecular formula is C19H31NO. The van der Waals surface area contributed by atoms with Gasteiger partial charge < -0.3 is 10.1 Å². The van der Waals surface area contributed by atoms with E-state index < -0.39 is 0 Å². The van der Waals surface area contributed by atoms with Gasteiger partial charge in [0.15, 0.2) is 0 Å². The second kappa shape index (κ2) is 6.50. The van der Waals surface area contributed by atoms with Crippen LogP contribution in [0.15, 0.2) is 24.3 Å². The number of hydrogen-bond acceptors (Lipinski definition) is 2. The molecule has 0 radical (unpaired) electrons. The third-order valence-electron chi connectivity index (χ3n) is 4.57. The predicted octanol–water partition coefficient (Wildman–Crippen LogP) is 4.59. The Balaban J connectivity index is 2.24. The van der Waals surface area contributed by atoms with Gasteiger partial charge in [-0.15, -0.1) is 0 Å². The maximum absolute atomic E-state index is 6.09. The van der Waals surface area contributed by atoms with Crippen molar-refractivity contribution < 1.29 is 4.74 Å². The SMILES string of the molecule is CCCNC(c1ccc(C(C)(C)C)cc1)C1(C)CCCO1. The summed E-state index contributed by atoms with van der Waals surface area (Å²) in [5, 5.41) is 3.70. The highest BCUT2D eigenvalue weighted by Crippen LogP contribution is 2.38. The fourth-order valence-corrected chi connectivity index (χ4v) is 3.18. The van der Waals surface area contributed by atoms with Crippen molar-refractivity contribution in [3.8, 4) is 0 Å². The van der Waals surface area contributed by atoms with Gasteiger partial charge in [0, 0.05) is 6.61 Å². The summed E-state index contributed by atoms with van der Waals surface area (Å²) in [6, 6.07) is 9.39. The molecule has 2 nitrogen and oxygen atoms in total. The Hall–Kier alpha value is -0.860. The minimum atomic E-state index is -0.0710. The van der Waals surface area contributed by atoms with Crippen LogP contribution in [-0.2, 0) is 10.2 Å². The van der Waals surface area contributed by atoms with Crippen LogP contribution in [0.2, 0.25) is 0 Å². The summed E-state index contributed by atoms with van der Waals surface area (Å²) in [7, 11) is 0. The Kier molecular flexibility index (Phi) is 5.11. The molecular weight excluding hydrogens is 258 g/mol. The first-order valence-corrected chi connectivity index (χ1v) is 8.34. The zero-order valence-corrected chi connectivity index (χ0v) is 14.3. The average Bonchev–Trinajstić information content (AvgIpc) is 2.86. The van der Waals surface area contributed by atoms with E-state index >= 15 is 0 Å². The summed E-state index contributed by atoms with van der Waals surface area (Å²) in [6.45, 7) is 13.2. The molecule has 1 aliphatic rings. The van der Waals surface area contributed by atoms with Crippen LogP contribution in [0.4, 0.5) is 0 Å². The number of benzene rings is 1. The first kappa shape index (κ1) is 16.5. The van der Waals surface area contributed by atoms with Gasteiger partial charge in [-0.1, -0.05) is 52.0 Å². The van der Waals surface area contributed by atoms with Crippen molar-refractivity contribution in [2.75, 3.05) is 13.2 Å². The predicted molar refractivity (Wildman–Crippen MR) is 89.8 cm³/mol. The molecule has 118 valence electrons. The fraction of sp³-hybridized carbons (Fsp3) is 0.684. The number of nitrogens with one attached hydrogen (secondary N) is 1. The molecule has 21 heavy (non-hydrogen) atoms. The molecule has 2 atom stereocenters. The molecule has 0 spiro atoms. The first-order chi connectivity index (χ1) is 9.87. The first-order valence-electron chi connectivity index (χ1n) is 8.34. The van der Waals surface area contributed by atoms with Crippen LogP contribution in [0.5, 0.6) is 0 Å². The van der Waals surface area contributed by atoms with E-state index in [0.29, 0.717) is 0 Å². The lowest BCUT2D eigenvalue weighted by atomic mass is 9.83. The number of rotatable bonds is 5. The van der Waals surface area contributed by atoms with E-state index in [-0.39, 0.29) is 17.1 Å². The van der Waals surface area contributed by atoms with Crippen molar-refractivity contribution in [3.05, 3.63) is 35.4 Å². The molecule has 2 unspecified atom stereocenters. The van der Waals surface area contributed by atoms with Gasteiger partial charge in [0.1, 0.15) is 0 Å². The van der Waals surface area contributed by atoms with Gasteiger partial charge in [0.05, 0.1) is 11.6 Å². The van der Waals surface area contributed by atoms with Crippen molar-refractivity contribution in [1.29, 1.82) is 0 Å². The molecule has 1 fully saturated rings. The zero-order valence-electron chi connectivity index (χ0n) is 14.3. The van der Waals surface area contributed by atoms with Crippen LogP contribution in [0.1, 0.15) is 71.0 Å². The Morgan fingerprint density at radius 1 is 1.24 bits per heavy atom. The molecule has 1 aromatic rings. The van der Waals surface area contributed by atoms with E-state index in [9.17, 15) is 0 Å².